The number of hydrogen-bond donors (Lipinski definition) is 0. The van der Waals surface area contributed by atoms with Gasteiger partial charge in [0.1, 0.15) is 0 Å². The molecule has 0 aliphatic heterocycles. The molecule has 2 heteroatoms. The van der Waals surface area contributed by atoms with Gasteiger partial charge in [0.2, 0.25) is 5.91 Å². The van der Waals surface area contributed by atoms with E-state index in [1.807, 2.05) is 20.8 Å². The second kappa shape index (κ2) is 3.04. The lowest BCUT2D eigenvalue weighted by atomic mass is 10.1. The topological polar surface area (TPSA) is 20.3 Å². The summed E-state index contributed by atoms with van der Waals surface area (Å²) in [6, 6.07) is 0. The van der Waals surface area contributed by atoms with Crippen LogP contribution in [0, 0.1) is 6.92 Å². The van der Waals surface area contributed by atoms with Crippen LogP contribution in [0.1, 0.15) is 27.2 Å². The molecule has 0 aromatic carbocycles. The second-order valence-electron chi connectivity index (χ2n) is 3.37. The molecule has 10 heavy (non-hydrogen) atoms. The summed E-state index contributed by atoms with van der Waals surface area (Å²) in [4.78, 5) is 12.7. The third-order valence-corrected chi connectivity index (χ3v) is 1.59. The summed E-state index contributed by atoms with van der Waals surface area (Å²) in [6.07, 6.45) is 0.341. The van der Waals surface area contributed by atoms with Crippen molar-refractivity contribution in [3.63, 3.8) is 0 Å². The summed E-state index contributed by atoms with van der Waals surface area (Å²) in [6.45, 7) is 9.53. The second-order valence-corrected chi connectivity index (χ2v) is 3.37. The molecule has 0 aromatic rings. The third kappa shape index (κ3) is 2.38. The van der Waals surface area contributed by atoms with Gasteiger partial charge in [-0.1, -0.05) is 0 Å². The van der Waals surface area contributed by atoms with E-state index in [-0.39, 0.29) is 11.4 Å². The van der Waals surface area contributed by atoms with E-state index in [9.17, 15) is 4.79 Å². The predicted octanol–water partition coefficient (Wildman–Crippen LogP) is 1.47. The number of amides is 1. The number of rotatable bonds is 1. The first kappa shape index (κ1) is 9.47. The van der Waals surface area contributed by atoms with Crippen LogP contribution in [0.4, 0.5) is 0 Å². The van der Waals surface area contributed by atoms with Crippen LogP contribution < -0.4 is 0 Å². The summed E-state index contributed by atoms with van der Waals surface area (Å²) in [5.74, 6) is 0.0903. The van der Waals surface area contributed by atoms with Crippen LogP contribution in [0.5, 0.6) is 0 Å². The van der Waals surface area contributed by atoms with E-state index in [0.717, 1.165) is 0 Å². The lowest BCUT2D eigenvalue weighted by molar-refractivity contribution is -0.133. The van der Waals surface area contributed by atoms with Gasteiger partial charge in [-0.2, -0.15) is 0 Å². The van der Waals surface area contributed by atoms with Crippen LogP contribution in [-0.4, -0.2) is 23.4 Å². The summed E-state index contributed by atoms with van der Waals surface area (Å²) < 4.78 is 0. The van der Waals surface area contributed by atoms with Crippen molar-refractivity contribution < 1.29 is 4.79 Å². The average Bonchev–Trinajstić information content (AvgIpc) is 1.83. The summed E-state index contributed by atoms with van der Waals surface area (Å²) in [5, 5.41) is 0. The van der Waals surface area contributed by atoms with Gasteiger partial charge < -0.3 is 4.90 Å². The quantitative estimate of drug-likeness (QED) is 0.543. The zero-order valence-corrected chi connectivity index (χ0v) is 7.27. The molecule has 0 aliphatic rings. The lowest BCUT2D eigenvalue weighted by Crippen LogP contribution is -2.42. The first-order valence-corrected chi connectivity index (χ1v) is 3.45. The van der Waals surface area contributed by atoms with Crippen LogP contribution in [0.15, 0.2) is 0 Å². The van der Waals surface area contributed by atoms with Crippen molar-refractivity contribution in [2.75, 3.05) is 7.05 Å². The van der Waals surface area contributed by atoms with E-state index in [4.69, 9.17) is 0 Å². The fourth-order valence-corrected chi connectivity index (χ4v) is 0.542. The maximum absolute atomic E-state index is 11.0. The minimum absolute atomic E-state index is 0.0746. The van der Waals surface area contributed by atoms with Gasteiger partial charge in [-0.05, 0) is 27.7 Å². The molecule has 1 amide bonds. The number of carbonyl (C=O) groups excluding carboxylic acids is 1. The highest BCUT2D eigenvalue weighted by atomic mass is 16.2. The number of hydrogen-bond acceptors (Lipinski definition) is 1. The normalized spacial score (nSPS) is 11.3. The van der Waals surface area contributed by atoms with Gasteiger partial charge in [0.05, 0.1) is 0 Å². The fourth-order valence-electron chi connectivity index (χ4n) is 0.542. The van der Waals surface area contributed by atoms with Crippen molar-refractivity contribution in [1.29, 1.82) is 0 Å². The van der Waals surface area contributed by atoms with Crippen LogP contribution in [-0.2, 0) is 4.79 Å². The highest BCUT2D eigenvalue weighted by molar-refractivity contribution is 5.77. The zero-order valence-electron chi connectivity index (χ0n) is 7.27. The Morgan fingerprint density at radius 3 is 2.00 bits per heavy atom. The van der Waals surface area contributed by atoms with E-state index in [0.29, 0.717) is 6.42 Å². The minimum Gasteiger partial charge on any atom is -0.341 e. The number of carbonyl (C=O) groups is 1. The Balaban J connectivity index is 4.08. The summed E-state index contributed by atoms with van der Waals surface area (Å²) in [7, 11) is 1.80. The van der Waals surface area contributed by atoms with Gasteiger partial charge in [0.25, 0.3) is 0 Å². The highest BCUT2D eigenvalue weighted by Gasteiger charge is 2.20. The lowest BCUT2D eigenvalue weighted by Gasteiger charge is -2.31. The fraction of sp³-hybridized carbons (Fsp3) is 0.750. The molecule has 0 spiro atoms. The molecule has 2 nitrogen and oxygen atoms in total. The average molecular weight is 142 g/mol. The van der Waals surface area contributed by atoms with Crippen molar-refractivity contribution in [2.45, 2.75) is 32.7 Å². The number of nitrogens with zero attached hydrogens (tertiary/aromatic N) is 1. The SMILES string of the molecule is [CH2]CC(=O)N(C)C(C)(C)C. The minimum atomic E-state index is -0.0746. The van der Waals surface area contributed by atoms with Crippen LogP contribution in [0.3, 0.4) is 0 Å². The van der Waals surface area contributed by atoms with Gasteiger partial charge in [-0.3, -0.25) is 4.79 Å². The third-order valence-electron chi connectivity index (χ3n) is 1.59. The molecule has 0 atom stereocenters. The molecule has 0 fully saturated rings. The molecule has 0 heterocycles. The van der Waals surface area contributed by atoms with Crippen molar-refractivity contribution in [2.24, 2.45) is 0 Å². The van der Waals surface area contributed by atoms with Crippen molar-refractivity contribution in [3.05, 3.63) is 6.92 Å². The Bertz CT molecular complexity index is 124. The molecule has 0 bridgehead atoms. The van der Waals surface area contributed by atoms with Crippen LogP contribution in [0.25, 0.3) is 0 Å². The predicted molar refractivity (Wildman–Crippen MR) is 42.5 cm³/mol. The molecule has 0 saturated heterocycles. The molecule has 0 aliphatic carbocycles. The van der Waals surface area contributed by atoms with Crippen molar-refractivity contribution in [3.8, 4) is 0 Å². The Morgan fingerprint density at radius 2 is 1.90 bits per heavy atom. The van der Waals surface area contributed by atoms with Crippen molar-refractivity contribution in [1.82, 2.24) is 4.90 Å². The molecule has 0 aromatic heterocycles. The first-order valence-electron chi connectivity index (χ1n) is 3.45. The summed E-state index contributed by atoms with van der Waals surface area (Å²) >= 11 is 0. The van der Waals surface area contributed by atoms with E-state index in [1.165, 1.54) is 0 Å². The maximum Gasteiger partial charge on any atom is 0.222 e. The monoisotopic (exact) mass is 142 g/mol. The largest absolute Gasteiger partial charge is 0.341 e. The standard InChI is InChI=1S/C8H16NO/c1-6-7(10)9(5)8(2,3)4/h1,6H2,2-5H3. The molecular formula is C8H16NO. The van der Waals surface area contributed by atoms with E-state index in [2.05, 4.69) is 6.92 Å². The summed E-state index contributed by atoms with van der Waals surface area (Å²) in [5.41, 5.74) is -0.0746. The Kier molecular flexibility index (Phi) is 2.88. The Labute approximate surface area is 63.2 Å². The van der Waals surface area contributed by atoms with Gasteiger partial charge in [-0.25, -0.2) is 0 Å². The molecule has 0 saturated carbocycles. The first-order chi connectivity index (χ1) is 4.39. The molecule has 59 valence electrons. The zero-order chi connectivity index (χ0) is 8.36. The molecular weight excluding hydrogens is 126 g/mol. The smallest absolute Gasteiger partial charge is 0.222 e. The molecule has 0 unspecified atom stereocenters. The molecule has 1 radical (unpaired) electrons. The van der Waals surface area contributed by atoms with E-state index >= 15 is 0 Å². The van der Waals surface area contributed by atoms with Crippen molar-refractivity contribution >= 4 is 5.91 Å². The highest BCUT2D eigenvalue weighted by Crippen LogP contribution is 2.10. The van der Waals surface area contributed by atoms with Gasteiger partial charge in [0, 0.05) is 19.0 Å². The van der Waals surface area contributed by atoms with Crippen LogP contribution in [0.2, 0.25) is 0 Å². The Morgan fingerprint density at radius 1 is 1.50 bits per heavy atom. The van der Waals surface area contributed by atoms with Gasteiger partial charge >= 0.3 is 0 Å². The van der Waals surface area contributed by atoms with Gasteiger partial charge in [0.15, 0.2) is 0 Å². The molecule has 0 N–H and O–H groups in total. The Hall–Kier alpha value is -0.530. The van der Waals surface area contributed by atoms with Crippen LogP contribution >= 0.6 is 0 Å². The maximum atomic E-state index is 11.0. The van der Waals surface area contributed by atoms with Gasteiger partial charge in [-0.15, -0.1) is 0 Å². The van der Waals surface area contributed by atoms with E-state index in [1.54, 1.807) is 11.9 Å². The van der Waals surface area contributed by atoms with E-state index < -0.39 is 0 Å². The molecule has 0 rings (SSSR count).